The summed E-state index contributed by atoms with van der Waals surface area (Å²) in [6.07, 6.45) is -0.353. The molecule has 2 heterocycles. The molecule has 0 aromatic carbocycles. The van der Waals surface area contributed by atoms with Gasteiger partial charge < -0.3 is 4.74 Å². The average molecular weight is 265 g/mol. The van der Waals surface area contributed by atoms with Crippen molar-refractivity contribution >= 4 is 21.8 Å². The Balaban J connectivity index is 1.86. The van der Waals surface area contributed by atoms with Gasteiger partial charge in [-0.05, 0) is 5.92 Å². The summed E-state index contributed by atoms with van der Waals surface area (Å²) < 4.78 is 16.0. The Bertz CT molecular complexity index is 241. The van der Waals surface area contributed by atoms with Crippen molar-refractivity contribution in [3.05, 3.63) is 0 Å². The Morgan fingerprint density at radius 3 is 2.93 bits per heavy atom. The fourth-order valence-corrected chi connectivity index (χ4v) is 1.52. The molecule has 6 heteroatoms. The molecule has 0 amide bonds. The Kier molecular flexibility index (Phi) is 2.94. The van der Waals surface area contributed by atoms with Crippen LogP contribution in [-0.4, -0.2) is 30.5 Å². The molecule has 1 atom stereocenters. The predicted molar refractivity (Wildman–Crippen MR) is 53.9 cm³/mol. The monoisotopic (exact) mass is 264 g/mol. The highest BCUT2D eigenvalue weighted by Crippen LogP contribution is 2.24. The van der Waals surface area contributed by atoms with Crippen LogP contribution in [0.5, 0.6) is 0 Å². The minimum atomic E-state index is -1.12. The lowest BCUT2D eigenvalue weighted by Crippen LogP contribution is -2.42. The van der Waals surface area contributed by atoms with E-state index in [2.05, 4.69) is 33.4 Å². The second-order valence-corrected chi connectivity index (χ2v) is 4.08. The average Bonchev–Trinajstić information content (AvgIpc) is 2.78. The van der Waals surface area contributed by atoms with Crippen LogP contribution < -0.4 is 5.43 Å². The third kappa shape index (κ3) is 2.02. The Hall–Kier alpha value is -0.330. The lowest BCUT2D eigenvalue weighted by molar-refractivity contribution is -0.302. The normalized spacial score (nSPS) is 25.7. The Morgan fingerprint density at radius 1 is 1.57 bits per heavy atom. The molecule has 80 valence electrons. The molecule has 0 aromatic heterocycles. The minimum absolute atomic E-state index is 0.479. The molecule has 0 radical (unpaired) electrons. The lowest BCUT2D eigenvalue weighted by atomic mass is 10.1. The van der Waals surface area contributed by atoms with Crippen molar-refractivity contribution in [1.82, 2.24) is 5.43 Å². The first-order valence-electron chi connectivity index (χ1n) is 4.61. The van der Waals surface area contributed by atoms with Gasteiger partial charge in [-0.3, -0.25) is 9.47 Å². The molecule has 0 aromatic rings. The second-order valence-electron chi connectivity index (χ2n) is 3.44. The highest BCUT2D eigenvalue weighted by molar-refractivity contribution is 9.09. The van der Waals surface area contributed by atoms with E-state index in [-0.39, 0.29) is 0 Å². The maximum atomic E-state index is 5.46. The molecule has 2 aliphatic heterocycles. The van der Waals surface area contributed by atoms with E-state index in [1.165, 1.54) is 0 Å². The summed E-state index contributed by atoms with van der Waals surface area (Å²) in [5.41, 5.74) is 2.72. The van der Waals surface area contributed by atoms with E-state index in [9.17, 15) is 0 Å². The van der Waals surface area contributed by atoms with Crippen molar-refractivity contribution in [2.24, 2.45) is 11.0 Å². The number of halogens is 1. The van der Waals surface area contributed by atoms with Crippen LogP contribution in [0, 0.1) is 5.92 Å². The maximum absolute atomic E-state index is 5.46. The van der Waals surface area contributed by atoms with Crippen LogP contribution in [-0.2, 0) is 14.2 Å². The highest BCUT2D eigenvalue weighted by atomic mass is 79.9. The first-order chi connectivity index (χ1) is 6.74. The highest BCUT2D eigenvalue weighted by Gasteiger charge is 2.44. The van der Waals surface area contributed by atoms with E-state index >= 15 is 0 Å². The van der Waals surface area contributed by atoms with E-state index in [0.717, 1.165) is 11.8 Å². The molecular weight excluding hydrogens is 252 g/mol. The minimum Gasteiger partial charge on any atom is -0.406 e. The van der Waals surface area contributed by atoms with Crippen LogP contribution in [0.2, 0.25) is 0 Å². The zero-order chi connectivity index (χ0) is 10.0. The smallest absolute Gasteiger partial charge is 0.406 e. The molecule has 1 N–H and O–H groups in total. The summed E-state index contributed by atoms with van der Waals surface area (Å²) >= 11 is 3.40. The van der Waals surface area contributed by atoms with Gasteiger partial charge in [0.05, 0.1) is 13.2 Å². The summed E-state index contributed by atoms with van der Waals surface area (Å²) in [6, 6.07) is 0. The van der Waals surface area contributed by atoms with Crippen molar-refractivity contribution in [3.8, 4) is 0 Å². The number of ether oxygens (including phenoxy) is 3. The summed E-state index contributed by atoms with van der Waals surface area (Å²) in [4.78, 5) is 0. The van der Waals surface area contributed by atoms with Crippen LogP contribution in [0.15, 0.2) is 5.10 Å². The Labute approximate surface area is 90.9 Å². The van der Waals surface area contributed by atoms with Crippen LogP contribution in [0.1, 0.15) is 13.3 Å². The van der Waals surface area contributed by atoms with Gasteiger partial charge in [-0.15, -0.1) is 5.10 Å². The van der Waals surface area contributed by atoms with E-state index in [1.807, 2.05) is 0 Å². The molecule has 14 heavy (non-hydrogen) atoms. The van der Waals surface area contributed by atoms with Crippen molar-refractivity contribution in [3.63, 3.8) is 0 Å². The number of nitrogens with one attached hydrogen (secondary N) is 1. The SMILES string of the molecule is CC(CBr)CC1=NNC2(OCCO2)O1. The van der Waals surface area contributed by atoms with E-state index in [0.29, 0.717) is 25.0 Å². The van der Waals surface area contributed by atoms with E-state index in [4.69, 9.17) is 14.2 Å². The fourth-order valence-electron chi connectivity index (χ4n) is 1.29. The van der Waals surface area contributed by atoms with Gasteiger partial charge in [0.1, 0.15) is 0 Å². The van der Waals surface area contributed by atoms with Gasteiger partial charge in [0, 0.05) is 11.8 Å². The number of rotatable bonds is 3. The topological polar surface area (TPSA) is 52.1 Å². The van der Waals surface area contributed by atoms with Gasteiger partial charge in [0.15, 0.2) is 0 Å². The quantitative estimate of drug-likeness (QED) is 0.773. The fraction of sp³-hybridized carbons (Fsp3) is 0.875. The van der Waals surface area contributed by atoms with Crippen LogP contribution >= 0.6 is 15.9 Å². The van der Waals surface area contributed by atoms with Gasteiger partial charge in [-0.2, -0.15) is 0 Å². The van der Waals surface area contributed by atoms with Gasteiger partial charge in [0.2, 0.25) is 5.90 Å². The molecular formula is C8H13BrN2O3. The van der Waals surface area contributed by atoms with Crippen molar-refractivity contribution < 1.29 is 14.2 Å². The molecule has 1 fully saturated rings. The zero-order valence-electron chi connectivity index (χ0n) is 7.96. The van der Waals surface area contributed by atoms with Gasteiger partial charge in [0.25, 0.3) is 0 Å². The zero-order valence-corrected chi connectivity index (χ0v) is 9.54. The number of alkyl halides is 1. The van der Waals surface area contributed by atoms with E-state index < -0.39 is 6.10 Å². The first-order valence-corrected chi connectivity index (χ1v) is 5.73. The summed E-state index contributed by atoms with van der Waals surface area (Å²) in [5, 5.41) is 4.95. The predicted octanol–water partition coefficient (Wildman–Crippen LogP) is 0.999. The number of hydrazone groups is 1. The molecule has 1 saturated heterocycles. The summed E-state index contributed by atoms with van der Waals surface area (Å²) in [7, 11) is 0. The standard InChI is InChI=1S/C8H13BrN2O3/c1-6(5-9)4-7-10-11-8(14-7)12-2-3-13-8/h6,11H,2-5H2,1H3. The number of hydrogen-bond acceptors (Lipinski definition) is 5. The number of nitrogens with zero attached hydrogens (tertiary/aromatic N) is 1. The van der Waals surface area contributed by atoms with Gasteiger partial charge in [-0.1, -0.05) is 22.9 Å². The van der Waals surface area contributed by atoms with Gasteiger partial charge in [-0.25, -0.2) is 5.43 Å². The molecule has 2 aliphatic rings. The van der Waals surface area contributed by atoms with Crippen molar-refractivity contribution in [2.45, 2.75) is 19.4 Å². The molecule has 1 unspecified atom stereocenters. The Morgan fingerprint density at radius 2 is 2.29 bits per heavy atom. The molecule has 2 rings (SSSR count). The van der Waals surface area contributed by atoms with Crippen molar-refractivity contribution in [2.75, 3.05) is 18.5 Å². The van der Waals surface area contributed by atoms with Crippen LogP contribution in [0.3, 0.4) is 0 Å². The third-order valence-electron chi connectivity index (χ3n) is 2.02. The molecule has 0 saturated carbocycles. The second kappa shape index (κ2) is 4.04. The van der Waals surface area contributed by atoms with Crippen LogP contribution in [0.25, 0.3) is 0 Å². The lowest BCUT2D eigenvalue weighted by Gasteiger charge is -2.19. The maximum Gasteiger partial charge on any atom is 0.438 e. The molecule has 0 aliphatic carbocycles. The molecule has 0 bridgehead atoms. The van der Waals surface area contributed by atoms with Gasteiger partial charge >= 0.3 is 6.10 Å². The van der Waals surface area contributed by atoms with Crippen LogP contribution in [0.4, 0.5) is 0 Å². The first kappa shape index (κ1) is 10.2. The summed E-state index contributed by atoms with van der Waals surface area (Å²) in [5.74, 6) is 1.12. The summed E-state index contributed by atoms with van der Waals surface area (Å²) in [6.45, 7) is 3.18. The third-order valence-corrected chi connectivity index (χ3v) is 3.13. The molecule has 1 spiro atoms. The molecule has 5 nitrogen and oxygen atoms in total. The van der Waals surface area contributed by atoms with Crippen molar-refractivity contribution in [1.29, 1.82) is 0 Å². The van der Waals surface area contributed by atoms with E-state index in [1.54, 1.807) is 0 Å². The number of hydrogen-bond donors (Lipinski definition) is 1. The largest absolute Gasteiger partial charge is 0.438 e.